The molecule has 1 aliphatic carbocycles. The lowest BCUT2D eigenvalue weighted by Crippen LogP contribution is -2.37. The van der Waals surface area contributed by atoms with E-state index < -0.39 is 5.92 Å². The minimum Gasteiger partial charge on any atom is -0.338 e. The van der Waals surface area contributed by atoms with Crippen molar-refractivity contribution in [3.05, 3.63) is 0 Å². The zero-order valence-electron chi connectivity index (χ0n) is 8.23. The maximum Gasteiger partial charge on any atom is 0.239 e. The van der Waals surface area contributed by atoms with Crippen LogP contribution in [0.1, 0.15) is 26.2 Å². The molecule has 0 aliphatic heterocycles. The molecule has 0 N–H and O–H groups in total. The molecule has 0 spiro atoms. The lowest BCUT2D eigenvalue weighted by atomic mass is 10.1. The van der Waals surface area contributed by atoms with Crippen LogP contribution in [-0.4, -0.2) is 23.4 Å². The van der Waals surface area contributed by atoms with E-state index in [1.54, 1.807) is 11.8 Å². The lowest BCUT2D eigenvalue weighted by Gasteiger charge is -2.22. The van der Waals surface area contributed by atoms with Crippen LogP contribution in [0.4, 0.5) is 0 Å². The van der Waals surface area contributed by atoms with E-state index in [0.717, 1.165) is 12.8 Å². The molecule has 0 saturated heterocycles. The average Bonchev–Trinajstić information content (AvgIpc) is 3.01. The summed E-state index contributed by atoms with van der Waals surface area (Å²) in [6.45, 7) is 2.07. The van der Waals surface area contributed by atoms with E-state index in [2.05, 4.69) is 0 Å². The van der Waals surface area contributed by atoms with Crippen LogP contribution in [0.5, 0.6) is 0 Å². The summed E-state index contributed by atoms with van der Waals surface area (Å²) < 4.78 is 0. The van der Waals surface area contributed by atoms with E-state index in [9.17, 15) is 4.79 Å². The third-order valence-electron chi connectivity index (χ3n) is 2.30. The van der Waals surface area contributed by atoms with E-state index in [0.29, 0.717) is 13.0 Å². The van der Waals surface area contributed by atoms with E-state index >= 15 is 0 Å². The first kappa shape index (κ1) is 10.5. The molecule has 0 radical (unpaired) electrons. The minimum absolute atomic E-state index is 0.134. The van der Waals surface area contributed by atoms with Crippen LogP contribution in [0.3, 0.4) is 0 Å². The Balaban J connectivity index is 2.54. The molecule has 1 fully saturated rings. The van der Waals surface area contributed by atoms with Crippen molar-refractivity contribution in [1.82, 2.24) is 4.90 Å². The minimum atomic E-state index is -0.589. The molecule has 4 nitrogen and oxygen atoms in total. The smallest absolute Gasteiger partial charge is 0.239 e. The Morgan fingerprint density at radius 1 is 1.57 bits per heavy atom. The van der Waals surface area contributed by atoms with Gasteiger partial charge >= 0.3 is 0 Å². The first-order valence-corrected chi connectivity index (χ1v) is 4.77. The molecular weight excluding hydrogens is 178 g/mol. The van der Waals surface area contributed by atoms with Crippen molar-refractivity contribution < 1.29 is 4.79 Å². The highest BCUT2D eigenvalue weighted by molar-refractivity contribution is 5.81. The Bertz CT molecular complexity index is 295. The molecule has 1 rings (SSSR count). The van der Waals surface area contributed by atoms with Crippen LogP contribution in [-0.2, 0) is 4.79 Å². The molecule has 14 heavy (non-hydrogen) atoms. The number of carbonyl (C=O) groups is 1. The van der Waals surface area contributed by atoms with Gasteiger partial charge in [0.1, 0.15) is 5.92 Å². The number of hydrogen-bond donors (Lipinski definition) is 0. The fraction of sp³-hybridized carbons (Fsp3) is 0.700. The van der Waals surface area contributed by atoms with E-state index in [-0.39, 0.29) is 11.9 Å². The molecule has 1 saturated carbocycles. The summed E-state index contributed by atoms with van der Waals surface area (Å²) in [6, 6.07) is 4.23. The Morgan fingerprint density at radius 2 is 2.21 bits per heavy atom. The summed E-state index contributed by atoms with van der Waals surface area (Å²) in [7, 11) is 0. The fourth-order valence-corrected chi connectivity index (χ4v) is 1.33. The van der Waals surface area contributed by atoms with Crippen LogP contribution in [0.2, 0.25) is 0 Å². The highest BCUT2D eigenvalue weighted by Crippen LogP contribution is 2.28. The number of hydrogen-bond acceptors (Lipinski definition) is 3. The van der Waals surface area contributed by atoms with Crippen LogP contribution >= 0.6 is 0 Å². The summed E-state index contributed by atoms with van der Waals surface area (Å²) in [4.78, 5) is 13.3. The molecule has 1 unspecified atom stereocenters. The predicted octanol–water partition coefficient (Wildman–Crippen LogP) is 1.05. The maximum atomic E-state index is 11.7. The standard InChI is InChI=1S/C10H13N3O/c1-8(7-12)10(14)13(6-2-5-11)9-3-4-9/h8-9H,2-4,6H2,1H3. The normalized spacial score (nSPS) is 16.5. The molecule has 74 valence electrons. The first-order chi connectivity index (χ1) is 6.70. The summed E-state index contributed by atoms with van der Waals surface area (Å²) in [5.41, 5.74) is 0. The van der Waals surface area contributed by atoms with Crippen molar-refractivity contribution >= 4 is 5.91 Å². The van der Waals surface area contributed by atoms with E-state index in [4.69, 9.17) is 10.5 Å². The highest BCUT2D eigenvalue weighted by Gasteiger charge is 2.33. The Hall–Kier alpha value is -1.55. The maximum absolute atomic E-state index is 11.7. The molecule has 1 atom stereocenters. The average molecular weight is 191 g/mol. The van der Waals surface area contributed by atoms with Crippen molar-refractivity contribution in [1.29, 1.82) is 10.5 Å². The number of amides is 1. The molecular formula is C10H13N3O. The molecule has 0 bridgehead atoms. The third-order valence-corrected chi connectivity index (χ3v) is 2.30. The van der Waals surface area contributed by atoms with E-state index in [1.807, 2.05) is 12.1 Å². The number of nitrogens with zero attached hydrogens (tertiary/aromatic N) is 3. The first-order valence-electron chi connectivity index (χ1n) is 4.77. The van der Waals surface area contributed by atoms with Crippen LogP contribution in [0.15, 0.2) is 0 Å². The molecule has 0 heterocycles. The van der Waals surface area contributed by atoms with Gasteiger partial charge in [-0.3, -0.25) is 4.79 Å². The van der Waals surface area contributed by atoms with Gasteiger partial charge in [0.05, 0.1) is 18.6 Å². The van der Waals surface area contributed by atoms with Gasteiger partial charge in [-0.25, -0.2) is 0 Å². The summed E-state index contributed by atoms with van der Waals surface area (Å²) in [5.74, 6) is -0.723. The van der Waals surface area contributed by atoms with Crippen LogP contribution in [0, 0.1) is 28.6 Å². The Morgan fingerprint density at radius 3 is 2.64 bits per heavy atom. The monoisotopic (exact) mass is 191 g/mol. The largest absolute Gasteiger partial charge is 0.338 e. The third kappa shape index (κ3) is 2.47. The molecule has 4 heteroatoms. The van der Waals surface area contributed by atoms with Gasteiger partial charge in [-0.05, 0) is 19.8 Å². The molecule has 0 aromatic carbocycles. The van der Waals surface area contributed by atoms with Gasteiger partial charge in [0.15, 0.2) is 0 Å². The topological polar surface area (TPSA) is 67.9 Å². The van der Waals surface area contributed by atoms with Gasteiger partial charge in [-0.2, -0.15) is 10.5 Å². The second-order valence-corrected chi connectivity index (χ2v) is 3.52. The molecule has 0 aromatic heterocycles. The second-order valence-electron chi connectivity index (χ2n) is 3.52. The van der Waals surface area contributed by atoms with Gasteiger partial charge in [-0.15, -0.1) is 0 Å². The van der Waals surface area contributed by atoms with Gasteiger partial charge in [0, 0.05) is 12.6 Å². The lowest BCUT2D eigenvalue weighted by molar-refractivity contribution is -0.133. The van der Waals surface area contributed by atoms with Gasteiger partial charge < -0.3 is 4.90 Å². The van der Waals surface area contributed by atoms with E-state index in [1.165, 1.54) is 0 Å². The summed E-state index contributed by atoms with van der Waals surface area (Å²) in [5, 5.41) is 17.1. The number of rotatable bonds is 4. The molecule has 0 aromatic rings. The van der Waals surface area contributed by atoms with Gasteiger partial charge in [0.2, 0.25) is 5.91 Å². The van der Waals surface area contributed by atoms with Gasteiger partial charge in [0.25, 0.3) is 0 Å². The zero-order chi connectivity index (χ0) is 10.6. The van der Waals surface area contributed by atoms with Crippen LogP contribution in [0.25, 0.3) is 0 Å². The van der Waals surface area contributed by atoms with Crippen molar-refractivity contribution in [2.75, 3.05) is 6.54 Å². The second kappa shape index (κ2) is 4.62. The summed E-state index contributed by atoms with van der Waals surface area (Å²) >= 11 is 0. The van der Waals surface area contributed by atoms with Crippen molar-refractivity contribution in [3.63, 3.8) is 0 Å². The Kier molecular flexibility index (Phi) is 3.48. The van der Waals surface area contributed by atoms with Crippen molar-refractivity contribution in [2.24, 2.45) is 5.92 Å². The molecule has 1 aliphatic rings. The quantitative estimate of drug-likeness (QED) is 0.667. The van der Waals surface area contributed by atoms with Crippen molar-refractivity contribution in [2.45, 2.75) is 32.2 Å². The van der Waals surface area contributed by atoms with Crippen molar-refractivity contribution in [3.8, 4) is 12.1 Å². The predicted molar refractivity (Wildman–Crippen MR) is 49.7 cm³/mol. The Labute approximate surface area is 83.7 Å². The fourth-order valence-electron chi connectivity index (χ4n) is 1.33. The number of carbonyl (C=O) groups excluding carboxylic acids is 1. The van der Waals surface area contributed by atoms with Gasteiger partial charge in [-0.1, -0.05) is 0 Å². The zero-order valence-corrected chi connectivity index (χ0v) is 8.23. The number of nitriles is 2. The highest BCUT2D eigenvalue weighted by atomic mass is 16.2. The van der Waals surface area contributed by atoms with Crippen LogP contribution < -0.4 is 0 Å². The SMILES string of the molecule is CC(C#N)C(=O)N(CCC#N)C1CC1. The molecule has 1 amide bonds. The summed E-state index contributed by atoms with van der Waals surface area (Å²) in [6.07, 6.45) is 2.37.